The molecule has 0 saturated heterocycles. The van der Waals surface area contributed by atoms with Crippen LogP contribution < -0.4 is 15.4 Å². The summed E-state index contributed by atoms with van der Waals surface area (Å²) >= 11 is 0. The Morgan fingerprint density at radius 1 is 1.50 bits per heavy atom. The van der Waals surface area contributed by atoms with E-state index in [1.54, 1.807) is 12.1 Å². The van der Waals surface area contributed by atoms with Gasteiger partial charge in [-0.25, -0.2) is 0 Å². The van der Waals surface area contributed by atoms with E-state index in [4.69, 9.17) is 4.74 Å². The highest BCUT2D eigenvalue weighted by Gasteiger charge is 2.20. The van der Waals surface area contributed by atoms with Gasteiger partial charge in [0.15, 0.2) is 5.75 Å². The fourth-order valence-electron chi connectivity index (χ4n) is 1.45. The van der Waals surface area contributed by atoms with E-state index in [1.807, 2.05) is 0 Å². The summed E-state index contributed by atoms with van der Waals surface area (Å²) < 4.78 is 4.93. The van der Waals surface area contributed by atoms with Gasteiger partial charge in [-0.3, -0.25) is 14.9 Å². The quantitative estimate of drug-likeness (QED) is 0.586. The number of para-hydroxylation sites is 1. The Kier molecular flexibility index (Phi) is 4.91. The van der Waals surface area contributed by atoms with E-state index >= 15 is 0 Å². The summed E-state index contributed by atoms with van der Waals surface area (Å²) in [7, 11) is 2.91. The topological polar surface area (TPSA) is 93.5 Å². The second kappa shape index (κ2) is 6.43. The molecule has 7 nitrogen and oxygen atoms in total. The molecule has 0 heterocycles. The number of hydrogen-bond acceptors (Lipinski definition) is 5. The molecule has 0 aliphatic carbocycles. The number of anilines is 1. The van der Waals surface area contributed by atoms with E-state index in [2.05, 4.69) is 10.6 Å². The van der Waals surface area contributed by atoms with E-state index in [9.17, 15) is 14.9 Å². The van der Waals surface area contributed by atoms with Crippen LogP contribution in [0.1, 0.15) is 6.42 Å². The first-order valence-corrected chi connectivity index (χ1v) is 5.36. The van der Waals surface area contributed by atoms with Crippen LogP contribution in [0.25, 0.3) is 0 Å². The molecule has 0 unspecified atom stereocenters. The minimum Gasteiger partial charge on any atom is -0.490 e. The van der Waals surface area contributed by atoms with Gasteiger partial charge in [-0.2, -0.15) is 0 Å². The molecule has 0 bridgehead atoms. The number of rotatable bonds is 6. The molecule has 18 heavy (non-hydrogen) atoms. The van der Waals surface area contributed by atoms with Gasteiger partial charge in [0.1, 0.15) is 5.69 Å². The monoisotopic (exact) mass is 253 g/mol. The van der Waals surface area contributed by atoms with Gasteiger partial charge in [0.2, 0.25) is 5.91 Å². The van der Waals surface area contributed by atoms with Crippen LogP contribution in [-0.4, -0.2) is 31.5 Å². The zero-order valence-electron chi connectivity index (χ0n) is 10.2. The van der Waals surface area contributed by atoms with E-state index in [0.717, 1.165) is 0 Å². The fourth-order valence-corrected chi connectivity index (χ4v) is 1.45. The number of nitro benzene ring substituents is 1. The van der Waals surface area contributed by atoms with Crippen molar-refractivity contribution in [3.05, 3.63) is 28.3 Å². The number of methoxy groups -OCH3 is 1. The summed E-state index contributed by atoms with van der Waals surface area (Å²) in [5.74, 6) is 0.0537. The summed E-state index contributed by atoms with van der Waals surface area (Å²) in [6.45, 7) is 0.313. The van der Waals surface area contributed by atoms with Crippen LogP contribution in [-0.2, 0) is 4.79 Å². The molecular formula is C11H15N3O4. The summed E-state index contributed by atoms with van der Waals surface area (Å²) in [6, 6.07) is 4.74. The SMILES string of the molecule is CNC(=O)CCNc1cccc(OC)c1[N+](=O)[O-]. The van der Waals surface area contributed by atoms with Crippen molar-refractivity contribution < 1.29 is 14.5 Å². The molecule has 0 fully saturated rings. The van der Waals surface area contributed by atoms with E-state index in [0.29, 0.717) is 12.2 Å². The second-order valence-corrected chi connectivity index (χ2v) is 3.46. The average Bonchev–Trinajstić information content (AvgIpc) is 2.37. The number of carbonyl (C=O) groups excluding carboxylic acids is 1. The van der Waals surface area contributed by atoms with Gasteiger partial charge in [-0.1, -0.05) is 6.07 Å². The predicted molar refractivity (Wildman–Crippen MR) is 66.8 cm³/mol. The van der Waals surface area contributed by atoms with E-state index < -0.39 is 4.92 Å². The number of amides is 1. The number of nitrogens with zero attached hydrogens (tertiary/aromatic N) is 1. The first kappa shape index (κ1) is 13.8. The van der Waals surface area contributed by atoms with E-state index in [1.165, 1.54) is 20.2 Å². The Morgan fingerprint density at radius 3 is 2.78 bits per heavy atom. The van der Waals surface area contributed by atoms with Crippen LogP contribution in [0.2, 0.25) is 0 Å². The first-order valence-electron chi connectivity index (χ1n) is 5.36. The molecule has 1 rings (SSSR count). The number of benzene rings is 1. The lowest BCUT2D eigenvalue weighted by Gasteiger charge is -2.09. The lowest BCUT2D eigenvalue weighted by Crippen LogP contribution is -2.21. The zero-order valence-corrected chi connectivity index (χ0v) is 10.2. The van der Waals surface area contributed by atoms with Crippen molar-refractivity contribution in [1.29, 1.82) is 0 Å². The normalized spacial score (nSPS) is 9.67. The highest BCUT2D eigenvalue weighted by Crippen LogP contribution is 2.34. The highest BCUT2D eigenvalue weighted by atomic mass is 16.6. The van der Waals surface area contributed by atoms with Gasteiger partial charge < -0.3 is 15.4 Å². The average molecular weight is 253 g/mol. The van der Waals surface area contributed by atoms with Crippen molar-refractivity contribution in [1.82, 2.24) is 5.32 Å². The Morgan fingerprint density at radius 2 is 2.22 bits per heavy atom. The molecule has 0 saturated carbocycles. The highest BCUT2D eigenvalue weighted by molar-refractivity contribution is 5.76. The molecule has 0 aliphatic heterocycles. The van der Waals surface area contributed by atoms with Crippen LogP contribution >= 0.6 is 0 Å². The molecule has 0 aliphatic rings. The van der Waals surface area contributed by atoms with Crippen molar-refractivity contribution in [3.8, 4) is 5.75 Å². The molecule has 7 heteroatoms. The van der Waals surface area contributed by atoms with Crippen molar-refractivity contribution in [3.63, 3.8) is 0 Å². The predicted octanol–water partition coefficient (Wildman–Crippen LogP) is 1.15. The lowest BCUT2D eigenvalue weighted by molar-refractivity contribution is -0.384. The van der Waals surface area contributed by atoms with Crippen molar-refractivity contribution in [2.75, 3.05) is 26.0 Å². The molecular weight excluding hydrogens is 238 g/mol. The van der Waals surface area contributed by atoms with Crippen LogP contribution in [0.3, 0.4) is 0 Å². The molecule has 1 amide bonds. The third-order valence-corrected chi connectivity index (χ3v) is 2.35. The Balaban J connectivity index is 2.82. The summed E-state index contributed by atoms with van der Waals surface area (Å²) in [5.41, 5.74) is 0.208. The minimum atomic E-state index is -0.513. The number of nitro groups is 1. The van der Waals surface area contributed by atoms with Gasteiger partial charge >= 0.3 is 5.69 Å². The third kappa shape index (κ3) is 3.34. The molecule has 0 aromatic heterocycles. The molecule has 0 radical (unpaired) electrons. The fraction of sp³-hybridized carbons (Fsp3) is 0.364. The molecule has 98 valence electrons. The standard InChI is InChI=1S/C11H15N3O4/c1-12-10(15)6-7-13-8-4-3-5-9(18-2)11(8)14(16)17/h3-5,13H,6-7H2,1-2H3,(H,12,15). The minimum absolute atomic E-state index is 0.128. The molecule has 2 N–H and O–H groups in total. The zero-order chi connectivity index (χ0) is 13.5. The van der Waals surface area contributed by atoms with Crippen molar-refractivity contribution >= 4 is 17.3 Å². The van der Waals surface area contributed by atoms with Crippen LogP contribution in [0.4, 0.5) is 11.4 Å². The Hall–Kier alpha value is -2.31. The van der Waals surface area contributed by atoms with Crippen LogP contribution in [0.5, 0.6) is 5.75 Å². The number of carbonyl (C=O) groups is 1. The first-order chi connectivity index (χ1) is 8.60. The number of hydrogen-bond donors (Lipinski definition) is 2. The maximum atomic E-state index is 11.0. The second-order valence-electron chi connectivity index (χ2n) is 3.46. The largest absolute Gasteiger partial charge is 0.490 e. The van der Waals surface area contributed by atoms with Gasteiger partial charge in [-0.05, 0) is 12.1 Å². The van der Waals surface area contributed by atoms with E-state index in [-0.39, 0.29) is 23.8 Å². The van der Waals surface area contributed by atoms with Gasteiger partial charge in [0.05, 0.1) is 12.0 Å². The summed E-state index contributed by atoms with van der Waals surface area (Å²) in [6.07, 6.45) is 0.241. The van der Waals surface area contributed by atoms with Gasteiger partial charge in [0, 0.05) is 20.0 Å². The van der Waals surface area contributed by atoms with Crippen molar-refractivity contribution in [2.45, 2.75) is 6.42 Å². The smallest absolute Gasteiger partial charge is 0.333 e. The van der Waals surface area contributed by atoms with Gasteiger partial charge in [0.25, 0.3) is 0 Å². The Labute approximate surface area is 104 Å². The summed E-state index contributed by atoms with van der Waals surface area (Å²) in [5, 5.41) is 16.3. The molecule has 1 aromatic rings. The maximum Gasteiger partial charge on any atom is 0.333 e. The molecule has 0 atom stereocenters. The van der Waals surface area contributed by atoms with Crippen LogP contribution in [0.15, 0.2) is 18.2 Å². The summed E-state index contributed by atoms with van der Waals surface area (Å²) in [4.78, 5) is 21.5. The van der Waals surface area contributed by atoms with Crippen LogP contribution in [0, 0.1) is 10.1 Å². The lowest BCUT2D eigenvalue weighted by atomic mass is 10.2. The molecule has 0 spiro atoms. The third-order valence-electron chi connectivity index (χ3n) is 2.35. The van der Waals surface area contributed by atoms with Gasteiger partial charge in [-0.15, -0.1) is 0 Å². The number of ether oxygens (including phenoxy) is 1. The van der Waals surface area contributed by atoms with Crippen molar-refractivity contribution in [2.24, 2.45) is 0 Å². The Bertz CT molecular complexity index is 448. The number of nitrogens with one attached hydrogen (secondary N) is 2. The molecule has 1 aromatic carbocycles. The maximum absolute atomic E-state index is 11.0.